The minimum absolute atomic E-state index is 0.214. The molecule has 1 amide bonds. The van der Waals surface area contributed by atoms with Crippen molar-refractivity contribution in [3.05, 3.63) is 18.2 Å². The molecule has 2 saturated heterocycles. The molecule has 4 rings (SSSR count). The Balaban J connectivity index is 1.51. The molecular formula is C16H20N4O3. The number of hydrogen-bond donors (Lipinski definition) is 1. The van der Waals surface area contributed by atoms with E-state index in [1.807, 2.05) is 18.2 Å². The zero-order valence-corrected chi connectivity index (χ0v) is 13.3. The molecule has 0 unspecified atom stereocenters. The van der Waals surface area contributed by atoms with Gasteiger partial charge in [-0.2, -0.15) is 0 Å². The number of H-pyrrole nitrogens is 1. The summed E-state index contributed by atoms with van der Waals surface area (Å²) in [5.74, 6) is 1.67. The fraction of sp³-hybridized carbons (Fsp3) is 0.500. The van der Waals surface area contributed by atoms with Gasteiger partial charge >= 0.3 is 6.09 Å². The number of anilines is 1. The molecule has 23 heavy (non-hydrogen) atoms. The van der Waals surface area contributed by atoms with Crippen LogP contribution in [-0.4, -0.2) is 60.4 Å². The number of rotatable bonds is 2. The van der Waals surface area contributed by atoms with Crippen LogP contribution in [0.5, 0.6) is 5.75 Å². The van der Waals surface area contributed by atoms with Gasteiger partial charge in [-0.25, -0.2) is 9.78 Å². The number of aromatic amines is 1. The summed E-state index contributed by atoms with van der Waals surface area (Å²) in [7, 11) is 3.44. The Bertz CT molecular complexity index is 749. The fourth-order valence-corrected chi connectivity index (χ4v) is 3.43. The van der Waals surface area contributed by atoms with Crippen LogP contribution in [0.25, 0.3) is 11.0 Å². The molecular weight excluding hydrogens is 296 g/mol. The first kappa shape index (κ1) is 14.2. The highest BCUT2D eigenvalue weighted by atomic mass is 16.6. The number of imidazole rings is 1. The van der Waals surface area contributed by atoms with Crippen molar-refractivity contribution in [3.63, 3.8) is 0 Å². The SMILES string of the molecule is COc1ccc2nc(N3CCC4(CC3)CN(C)C(=O)O4)[nH]c2c1. The minimum Gasteiger partial charge on any atom is -0.497 e. The third-order valence-electron chi connectivity index (χ3n) is 4.79. The molecule has 1 N–H and O–H groups in total. The molecule has 0 atom stereocenters. The summed E-state index contributed by atoms with van der Waals surface area (Å²) in [6.45, 7) is 2.31. The molecule has 7 nitrogen and oxygen atoms in total. The molecule has 0 bridgehead atoms. The van der Waals surface area contributed by atoms with Gasteiger partial charge in [-0.3, -0.25) is 0 Å². The van der Waals surface area contributed by atoms with Gasteiger partial charge < -0.3 is 24.3 Å². The van der Waals surface area contributed by atoms with E-state index in [4.69, 9.17) is 9.47 Å². The molecule has 0 radical (unpaired) electrons. The van der Waals surface area contributed by atoms with E-state index in [2.05, 4.69) is 14.9 Å². The second-order valence-electron chi connectivity index (χ2n) is 6.34. The molecule has 0 saturated carbocycles. The number of fused-ring (bicyclic) bond motifs is 1. The van der Waals surface area contributed by atoms with Crippen molar-refractivity contribution >= 4 is 23.1 Å². The molecule has 122 valence electrons. The topological polar surface area (TPSA) is 70.7 Å². The lowest BCUT2D eigenvalue weighted by Crippen LogP contribution is -2.47. The van der Waals surface area contributed by atoms with Crippen molar-refractivity contribution in [1.29, 1.82) is 0 Å². The molecule has 2 fully saturated rings. The summed E-state index contributed by atoms with van der Waals surface area (Å²) in [4.78, 5) is 23.5. The van der Waals surface area contributed by atoms with Crippen LogP contribution in [0.3, 0.4) is 0 Å². The number of methoxy groups -OCH3 is 1. The Morgan fingerprint density at radius 2 is 2.13 bits per heavy atom. The monoisotopic (exact) mass is 316 g/mol. The lowest BCUT2D eigenvalue weighted by Gasteiger charge is -2.37. The van der Waals surface area contributed by atoms with E-state index in [-0.39, 0.29) is 11.7 Å². The summed E-state index contributed by atoms with van der Waals surface area (Å²) in [5.41, 5.74) is 1.57. The number of piperidine rings is 1. The third-order valence-corrected chi connectivity index (χ3v) is 4.79. The fourth-order valence-electron chi connectivity index (χ4n) is 3.43. The normalized spacial score (nSPS) is 20.3. The first-order chi connectivity index (χ1) is 11.1. The van der Waals surface area contributed by atoms with Gasteiger partial charge in [0.1, 0.15) is 11.4 Å². The number of likely N-dealkylation sites (N-methyl/N-ethyl adjacent to an activating group) is 1. The van der Waals surface area contributed by atoms with Crippen LogP contribution in [0.15, 0.2) is 18.2 Å². The molecule has 7 heteroatoms. The maximum Gasteiger partial charge on any atom is 0.410 e. The highest BCUT2D eigenvalue weighted by Crippen LogP contribution is 2.34. The highest BCUT2D eigenvalue weighted by Gasteiger charge is 2.45. The van der Waals surface area contributed by atoms with E-state index in [0.29, 0.717) is 6.54 Å². The Kier molecular flexibility index (Phi) is 3.11. The molecule has 2 aliphatic heterocycles. The lowest BCUT2D eigenvalue weighted by atomic mass is 9.91. The molecule has 1 spiro atoms. The predicted molar refractivity (Wildman–Crippen MR) is 85.9 cm³/mol. The van der Waals surface area contributed by atoms with E-state index in [0.717, 1.165) is 48.7 Å². The number of nitrogens with zero attached hydrogens (tertiary/aromatic N) is 3. The number of nitrogens with one attached hydrogen (secondary N) is 1. The van der Waals surface area contributed by atoms with Gasteiger partial charge in [-0.1, -0.05) is 0 Å². The maximum absolute atomic E-state index is 11.6. The molecule has 2 aliphatic rings. The summed E-state index contributed by atoms with van der Waals surface area (Å²) in [6, 6.07) is 5.81. The van der Waals surface area contributed by atoms with Crippen LogP contribution in [0.4, 0.5) is 10.7 Å². The molecule has 1 aromatic heterocycles. The Morgan fingerprint density at radius 3 is 2.78 bits per heavy atom. The van der Waals surface area contributed by atoms with Crippen molar-refractivity contribution in [3.8, 4) is 5.75 Å². The van der Waals surface area contributed by atoms with E-state index in [9.17, 15) is 4.79 Å². The zero-order valence-electron chi connectivity index (χ0n) is 13.3. The lowest BCUT2D eigenvalue weighted by molar-refractivity contribution is 0.0365. The summed E-state index contributed by atoms with van der Waals surface area (Å²) in [5, 5.41) is 0. The number of hydrogen-bond acceptors (Lipinski definition) is 5. The number of carbonyl (C=O) groups is 1. The van der Waals surface area contributed by atoms with Crippen LogP contribution in [0.2, 0.25) is 0 Å². The average Bonchev–Trinajstić information content (AvgIpc) is 3.09. The van der Waals surface area contributed by atoms with E-state index < -0.39 is 0 Å². The summed E-state index contributed by atoms with van der Waals surface area (Å²) >= 11 is 0. The molecule has 1 aromatic carbocycles. The molecule has 3 heterocycles. The van der Waals surface area contributed by atoms with Crippen molar-refractivity contribution < 1.29 is 14.3 Å². The first-order valence-corrected chi connectivity index (χ1v) is 7.81. The number of benzene rings is 1. The summed E-state index contributed by atoms with van der Waals surface area (Å²) in [6.07, 6.45) is 1.43. The number of ether oxygens (including phenoxy) is 2. The van der Waals surface area contributed by atoms with Crippen LogP contribution in [0.1, 0.15) is 12.8 Å². The number of carbonyl (C=O) groups excluding carboxylic acids is 1. The van der Waals surface area contributed by atoms with Gasteiger partial charge in [0.2, 0.25) is 5.95 Å². The van der Waals surface area contributed by atoms with Gasteiger partial charge in [0.05, 0.1) is 24.7 Å². The highest BCUT2D eigenvalue weighted by molar-refractivity contribution is 5.79. The zero-order chi connectivity index (χ0) is 16.0. The Hall–Kier alpha value is -2.44. The van der Waals surface area contributed by atoms with Crippen LogP contribution in [-0.2, 0) is 4.74 Å². The van der Waals surface area contributed by atoms with Gasteiger partial charge in [0.15, 0.2) is 0 Å². The Labute approximate surface area is 134 Å². The van der Waals surface area contributed by atoms with E-state index >= 15 is 0 Å². The number of amides is 1. The average molecular weight is 316 g/mol. The second-order valence-corrected chi connectivity index (χ2v) is 6.34. The smallest absolute Gasteiger partial charge is 0.410 e. The largest absolute Gasteiger partial charge is 0.497 e. The van der Waals surface area contributed by atoms with Crippen LogP contribution < -0.4 is 9.64 Å². The third kappa shape index (κ3) is 2.36. The standard InChI is InChI=1S/C16H20N4O3/c1-19-10-16(23-15(19)21)5-7-20(8-6-16)14-17-12-4-3-11(22-2)9-13(12)18-14/h3-4,9H,5-8,10H2,1-2H3,(H,17,18). The van der Waals surface area contributed by atoms with Gasteiger partial charge in [-0.15, -0.1) is 0 Å². The van der Waals surface area contributed by atoms with Gasteiger partial charge in [-0.05, 0) is 12.1 Å². The Morgan fingerprint density at radius 1 is 1.35 bits per heavy atom. The molecule has 0 aliphatic carbocycles. The van der Waals surface area contributed by atoms with Crippen molar-refractivity contribution in [2.75, 3.05) is 38.7 Å². The maximum atomic E-state index is 11.6. The number of aromatic nitrogens is 2. The van der Waals surface area contributed by atoms with Crippen molar-refractivity contribution in [2.45, 2.75) is 18.4 Å². The van der Waals surface area contributed by atoms with Crippen LogP contribution in [0, 0.1) is 0 Å². The second kappa shape index (κ2) is 5.04. The predicted octanol–water partition coefficient (Wildman–Crippen LogP) is 1.99. The first-order valence-electron chi connectivity index (χ1n) is 7.81. The molecule has 2 aromatic rings. The minimum atomic E-state index is -0.322. The van der Waals surface area contributed by atoms with E-state index in [1.165, 1.54) is 0 Å². The van der Waals surface area contributed by atoms with Crippen LogP contribution >= 0.6 is 0 Å². The quantitative estimate of drug-likeness (QED) is 0.917. The van der Waals surface area contributed by atoms with Crippen molar-refractivity contribution in [2.24, 2.45) is 0 Å². The van der Waals surface area contributed by atoms with Gasteiger partial charge in [0, 0.05) is 39.0 Å². The van der Waals surface area contributed by atoms with Crippen molar-refractivity contribution in [1.82, 2.24) is 14.9 Å². The van der Waals surface area contributed by atoms with E-state index in [1.54, 1.807) is 19.1 Å². The van der Waals surface area contributed by atoms with Gasteiger partial charge in [0.25, 0.3) is 0 Å². The summed E-state index contributed by atoms with van der Waals surface area (Å²) < 4.78 is 10.8.